The number of ether oxygens (including phenoxy) is 2. The molecule has 0 aromatic rings. The lowest BCUT2D eigenvalue weighted by atomic mass is 10.2. The molecule has 1 aliphatic heterocycles. The fourth-order valence-corrected chi connectivity index (χ4v) is 1.49. The van der Waals surface area contributed by atoms with Crippen molar-refractivity contribution < 1.29 is 14.3 Å². The maximum Gasteiger partial charge on any atom is 0.307 e. The van der Waals surface area contributed by atoms with Gasteiger partial charge in [-0.15, -0.1) is 0 Å². The van der Waals surface area contributed by atoms with Gasteiger partial charge in [0.1, 0.15) is 0 Å². The lowest BCUT2D eigenvalue weighted by Gasteiger charge is -2.09. The van der Waals surface area contributed by atoms with Gasteiger partial charge in [0.15, 0.2) is 0 Å². The number of esters is 1. The molecule has 14 heavy (non-hydrogen) atoms. The second-order valence-corrected chi connectivity index (χ2v) is 3.39. The molecule has 0 spiro atoms. The van der Waals surface area contributed by atoms with Gasteiger partial charge in [-0.25, -0.2) is 0 Å². The molecule has 4 nitrogen and oxygen atoms in total. The van der Waals surface area contributed by atoms with Gasteiger partial charge >= 0.3 is 5.97 Å². The number of hydrogen-bond donors (Lipinski definition) is 1. The first-order valence-electron chi connectivity index (χ1n) is 5.31. The van der Waals surface area contributed by atoms with Crippen LogP contribution in [0.25, 0.3) is 0 Å². The quantitative estimate of drug-likeness (QED) is 0.508. The van der Waals surface area contributed by atoms with Gasteiger partial charge in [-0.2, -0.15) is 0 Å². The molecule has 82 valence electrons. The molecule has 0 aromatic carbocycles. The van der Waals surface area contributed by atoms with Crippen molar-refractivity contribution in [2.45, 2.75) is 32.3 Å². The summed E-state index contributed by atoms with van der Waals surface area (Å²) in [5, 5.41) is 3.19. The van der Waals surface area contributed by atoms with Gasteiger partial charge in [0, 0.05) is 19.7 Å². The third kappa shape index (κ3) is 4.58. The van der Waals surface area contributed by atoms with E-state index in [0.717, 1.165) is 26.0 Å². The maximum absolute atomic E-state index is 10.9. The topological polar surface area (TPSA) is 47.6 Å². The molecule has 0 aromatic heterocycles. The Morgan fingerprint density at radius 3 is 3.14 bits per heavy atom. The van der Waals surface area contributed by atoms with Gasteiger partial charge in [0.05, 0.1) is 19.1 Å². The van der Waals surface area contributed by atoms with Crippen LogP contribution in [-0.2, 0) is 14.3 Å². The molecule has 1 fully saturated rings. The zero-order chi connectivity index (χ0) is 10.2. The van der Waals surface area contributed by atoms with Crippen LogP contribution in [0, 0.1) is 0 Å². The minimum Gasteiger partial charge on any atom is -0.466 e. The van der Waals surface area contributed by atoms with E-state index in [9.17, 15) is 4.79 Å². The van der Waals surface area contributed by atoms with Crippen LogP contribution < -0.4 is 5.32 Å². The van der Waals surface area contributed by atoms with Crippen molar-refractivity contribution in [3.05, 3.63) is 0 Å². The highest BCUT2D eigenvalue weighted by Gasteiger charge is 2.14. The standard InChI is InChI=1S/C10H19NO3/c1-2-13-10(12)5-6-11-8-9-4-3-7-14-9/h9,11H,2-8H2,1H3/t9-/m1/s1. The van der Waals surface area contributed by atoms with Crippen molar-refractivity contribution in [2.24, 2.45) is 0 Å². The predicted molar refractivity (Wildman–Crippen MR) is 53.1 cm³/mol. The van der Waals surface area contributed by atoms with Crippen LogP contribution in [0.2, 0.25) is 0 Å². The van der Waals surface area contributed by atoms with E-state index in [2.05, 4.69) is 5.32 Å². The largest absolute Gasteiger partial charge is 0.466 e. The summed E-state index contributed by atoms with van der Waals surface area (Å²) in [7, 11) is 0. The lowest BCUT2D eigenvalue weighted by molar-refractivity contribution is -0.143. The Morgan fingerprint density at radius 2 is 2.50 bits per heavy atom. The zero-order valence-electron chi connectivity index (χ0n) is 8.75. The summed E-state index contributed by atoms with van der Waals surface area (Å²) in [5.74, 6) is -0.132. The highest BCUT2D eigenvalue weighted by atomic mass is 16.5. The molecule has 4 heteroatoms. The van der Waals surface area contributed by atoms with E-state index in [1.807, 2.05) is 6.92 Å². The minimum absolute atomic E-state index is 0.132. The summed E-state index contributed by atoms with van der Waals surface area (Å²) >= 11 is 0. The summed E-state index contributed by atoms with van der Waals surface area (Å²) in [6.07, 6.45) is 3.08. The number of hydrogen-bond acceptors (Lipinski definition) is 4. The predicted octanol–water partition coefficient (Wildman–Crippen LogP) is 0.708. The Bertz CT molecular complexity index is 167. The van der Waals surface area contributed by atoms with Crippen LogP contribution in [0.4, 0.5) is 0 Å². The summed E-state index contributed by atoms with van der Waals surface area (Å²) in [6.45, 7) is 4.69. The Balaban J connectivity index is 1.90. The minimum atomic E-state index is -0.132. The Hall–Kier alpha value is -0.610. The van der Waals surface area contributed by atoms with E-state index >= 15 is 0 Å². The molecule has 0 saturated carbocycles. The van der Waals surface area contributed by atoms with Crippen LogP contribution in [-0.4, -0.2) is 38.4 Å². The summed E-state index contributed by atoms with van der Waals surface area (Å²) in [4.78, 5) is 10.9. The summed E-state index contributed by atoms with van der Waals surface area (Å²) in [6, 6.07) is 0. The number of carbonyl (C=O) groups is 1. The second kappa shape index (κ2) is 6.79. The zero-order valence-corrected chi connectivity index (χ0v) is 8.75. The van der Waals surface area contributed by atoms with Gasteiger partial charge in [0.2, 0.25) is 0 Å². The Morgan fingerprint density at radius 1 is 1.64 bits per heavy atom. The molecule has 1 N–H and O–H groups in total. The van der Waals surface area contributed by atoms with E-state index in [0.29, 0.717) is 25.7 Å². The molecule has 0 aliphatic carbocycles. The van der Waals surface area contributed by atoms with Crippen molar-refractivity contribution in [3.8, 4) is 0 Å². The van der Waals surface area contributed by atoms with E-state index < -0.39 is 0 Å². The molecule has 0 amide bonds. The Kier molecular flexibility index (Phi) is 5.56. The van der Waals surface area contributed by atoms with E-state index in [4.69, 9.17) is 9.47 Å². The van der Waals surface area contributed by atoms with Gasteiger partial charge in [-0.3, -0.25) is 4.79 Å². The number of nitrogens with one attached hydrogen (secondary N) is 1. The first kappa shape index (κ1) is 11.5. The average Bonchev–Trinajstić information content (AvgIpc) is 2.65. The van der Waals surface area contributed by atoms with Crippen LogP contribution in [0.15, 0.2) is 0 Å². The summed E-state index contributed by atoms with van der Waals surface area (Å²) < 4.78 is 10.2. The highest BCUT2D eigenvalue weighted by Crippen LogP contribution is 2.10. The third-order valence-electron chi connectivity index (χ3n) is 2.21. The third-order valence-corrected chi connectivity index (χ3v) is 2.21. The van der Waals surface area contributed by atoms with Crippen molar-refractivity contribution in [1.82, 2.24) is 5.32 Å². The molecule has 1 rings (SSSR count). The normalized spacial score (nSPS) is 21.1. The Labute approximate surface area is 85.0 Å². The van der Waals surface area contributed by atoms with Crippen molar-refractivity contribution in [3.63, 3.8) is 0 Å². The fourth-order valence-electron chi connectivity index (χ4n) is 1.49. The number of rotatable bonds is 6. The molecular formula is C10H19NO3. The molecule has 1 saturated heterocycles. The molecule has 1 atom stereocenters. The molecule has 0 radical (unpaired) electrons. The SMILES string of the molecule is CCOC(=O)CCNC[C@H]1CCCO1. The van der Waals surface area contributed by atoms with Crippen molar-refractivity contribution in [1.29, 1.82) is 0 Å². The summed E-state index contributed by atoms with van der Waals surface area (Å²) in [5.41, 5.74) is 0. The molecule has 0 unspecified atom stereocenters. The van der Waals surface area contributed by atoms with E-state index in [1.54, 1.807) is 0 Å². The molecule has 1 heterocycles. The van der Waals surface area contributed by atoms with Crippen LogP contribution in [0.5, 0.6) is 0 Å². The van der Waals surface area contributed by atoms with Crippen LogP contribution in [0.3, 0.4) is 0 Å². The highest BCUT2D eigenvalue weighted by molar-refractivity contribution is 5.69. The van der Waals surface area contributed by atoms with Crippen LogP contribution in [0.1, 0.15) is 26.2 Å². The van der Waals surface area contributed by atoms with Gasteiger partial charge in [-0.05, 0) is 19.8 Å². The second-order valence-electron chi connectivity index (χ2n) is 3.39. The molecule has 1 aliphatic rings. The van der Waals surface area contributed by atoms with Gasteiger partial charge in [-0.1, -0.05) is 0 Å². The number of carbonyl (C=O) groups excluding carboxylic acids is 1. The van der Waals surface area contributed by atoms with E-state index in [-0.39, 0.29) is 5.97 Å². The molecular weight excluding hydrogens is 182 g/mol. The fraction of sp³-hybridized carbons (Fsp3) is 0.900. The average molecular weight is 201 g/mol. The van der Waals surface area contributed by atoms with Crippen LogP contribution >= 0.6 is 0 Å². The molecule has 0 bridgehead atoms. The first-order chi connectivity index (χ1) is 6.83. The monoisotopic (exact) mass is 201 g/mol. The van der Waals surface area contributed by atoms with E-state index in [1.165, 1.54) is 0 Å². The maximum atomic E-state index is 10.9. The van der Waals surface area contributed by atoms with Gasteiger partial charge in [0.25, 0.3) is 0 Å². The van der Waals surface area contributed by atoms with Gasteiger partial charge < -0.3 is 14.8 Å². The first-order valence-corrected chi connectivity index (χ1v) is 5.31. The van der Waals surface area contributed by atoms with Crippen molar-refractivity contribution >= 4 is 5.97 Å². The lowest BCUT2D eigenvalue weighted by Crippen LogP contribution is -2.28. The van der Waals surface area contributed by atoms with Crippen molar-refractivity contribution in [2.75, 3.05) is 26.3 Å². The smallest absolute Gasteiger partial charge is 0.307 e.